The Bertz CT molecular complexity index is 1290. The highest BCUT2D eigenvalue weighted by atomic mass is 31.2. The Hall–Kier alpha value is -3.47. The van der Waals surface area contributed by atoms with E-state index in [1.165, 1.54) is 0 Å². The van der Waals surface area contributed by atoms with Crippen LogP contribution in [0.1, 0.15) is 0 Å². The molecule has 2 N–H and O–H groups in total. The van der Waals surface area contributed by atoms with Gasteiger partial charge in [0, 0.05) is 21.2 Å². The number of aliphatic hydroxyl groups excluding tert-OH is 2. The number of amides is 2. The first-order chi connectivity index (χ1) is 18.3. The van der Waals surface area contributed by atoms with Crippen LogP contribution in [0.25, 0.3) is 0 Å². The highest BCUT2D eigenvalue weighted by Crippen LogP contribution is 2.48. The van der Waals surface area contributed by atoms with E-state index in [0.29, 0.717) is 21.2 Å². The zero-order valence-electron chi connectivity index (χ0n) is 20.5. The van der Waals surface area contributed by atoms with Gasteiger partial charge in [0.15, 0.2) is 26.7 Å². The van der Waals surface area contributed by atoms with Crippen LogP contribution in [0.4, 0.5) is 4.79 Å². The molecule has 1 saturated heterocycles. The zero-order valence-corrected chi connectivity index (χ0v) is 22.3. The predicted octanol–water partition coefficient (Wildman–Crippen LogP) is 3.30. The fraction of sp³-hybridized carbons (Fsp3) is 0.138. The molecule has 2 amide bonds. The van der Waals surface area contributed by atoms with Crippen molar-refractivity contribution < 1.29 is 24.1 Å². The lowest BCUT2D eigenvalue weighted by Crippen LogP contribution is -2.39. The Morgan fingerprint density at radius 2 is 0.737 bits per heavy atom. The van der Waals surface area contributed by atoms with Crippen LogP contribution in [-0.4, -0.2) is 51.1 Å². The van der Waals surface area contributed by atoms with Gasteiger partial charge in [-0.3, -0.25) is 9.80 Å². The molecule has 4 aromatic rings. The number of aliphatic hydroxyl groups is 2. The second-order valence-electron chi connectivity index (χ2n) is 9.15. The lowest BCUT2D eigenvalue weighted by molar-refractivity contribution is -0.0586. The maximum atomic E-state index is 14.5. The summed E-state index contributed by atoms with van der Waals surface area (Å²) < 4.78 is 29.1. The van der Waals surface area contributed by atoms with Gasteiger partial charge in [-0.15, -0.1) is 0 Å². The van der Waals surface area contributed by atoms with Gasteiger partial charge in [-0.2, -0.15) is 0 Å². The fourth-order valence-electron chi connectivity index (χ4n) is 4.73. The van der Waals surface area contributed by atoms with Crippen LogP contribution in [0.5, 0.6) is 0 Å². The smallest absolute Gasteiger partial charge is 0.325 e. The highest BCUT2D eigenvalue weighted by molar-refractivity contribution is 7.79. The summed E-state index contributed by atoms with van der Waals surface area (Å²) in [4.78, 5) is 15.7. The summed E-state index contributed by atoms with van der Waals surface area (Å²) in [6.07, 6.45) is -3.95. The van der Waals surface area contributed by atoms with E-state index in [1.807, 2.05) is 24.3 Å². The topological polar surface area (TPSA) is 98.2 Å². The average Bonchev–Trinajstić information content (AvgIpc) is 3.17. The lowest BCUT2D eigenvalue weighted by atomic mass is 10.4. The van der Waals surface area contributed by atoms with Crippen LogP contribution in [0.15, 0.2) is 121 Å². The van der Waals surface area contributed by atoms with Crippen LogP contribution < -0.4 is 21.2 Å². The molecule has 38 heavy (non-hydrogen) atoms. The molecular formula is C29H28N2O5P2. The standard InChI is InChI=1S/C29H28N2O5P2/c32-27-28(33)31(22-38(36,25-17-9-3-10-18-25)26-19-11-4-12-20-26)29(34)30(27)21-37(35,23-13-5-1-6-14-23)24-15-7-2-8-16-24/h1-20,27-28,32-33H,21-22H2. The van der Waals surface area contributed by atoms with Crippen molar-refractivity contribution in [1.29, 1.82) is 0 Å². The minimum Gasteiger partial charge on any atom is -0.369 e. The van der Waals surface area contributed by atoms with Gasteiger partial charge in [0.05, 0.1) is 12.6 Å². The van der Waals surface area contributed by atoms with Crippen LogP contribution in [-0.2, 0) is 9.13 Å². The zero-order chi connectivity index (χ0) is 26.8. The lowest BCUT2D eigenvalue weighted by Gasteiger charge is -2.28. The largest absolute Gasteiger partial charge is 0.369 e. The molecule has 4 aromatic carbocycles. The third-order valence-corrected chi connectivity index (χ3v) is 12.7. The Labute approximate surface area is 221 Å². The highest BCUT2D eigenvalue weighted by Gasteiger charge is 2.49. The van der Waals surface area contributed by atoms with Gasteiger partial charge in [0.2, 0.25) is 0 Å². The van der Waals surface area contributed by atoms with Crippen LogP contribution in [0.3, 0.4) is 0 Å². The molecule has 0 aliphatic carbocycles. The van der Waals surface area contributed by atoms with Crippen LogP contribution in [0.2, 0.25) is 0 Å². The van der Waals surface area contributed by atoms with Crippen molar-refractivity contribution in [3.05, 3.63) is 121 Å². The van der Waals surface area contributed by atoms with Gasteiger partial charge in [-0.05, 0) is 0 Å². The number of nitrogens with zero attached hydrogens (tertiary/aromatic N) is 2. The molecular weight excluding hydrogens is 518 g/mol. The maximum absolute atomic E-state index is 14.5. The van der Waals surface area contributed by atoms with Crippen molar-refractivity contribution in [3.63, 3.8) is 0 Å². The van der Waals surface area contributed by atoms with E-state index in [2.05, 4.69) is 0 Å². The van der Waals surface area contributed by atoms with Gasteiger partial charge in [-0.25, -0.2) is 4.79 Å². The van der Waals surface area contributed by atoms with Crippen molar-refractivity contribution in [3.8, 4) is 0 Å². The molecule has 1 aliphatic rings. The maximum Gasteiger partial charge on any atom is 0.325 e. The van der Waals surface area contributed by atoms with Gasteiger partial charge in [0.1, 0.15) is 0 Å². The SMILES string of the molecule is O=C1N(CP(=O)(c2ccccc2)c2ccccc2)C(O)C(O)N1CP(=O)(c1ccccc1)c1ccccc1. The summed E-state index contributed by atoms with van der Waals surface area (Å²) in [5.41, 5.74) is 0. The van der Waals surface area contributed by atoms with Crippen LogP contribution in [0, 0.1) is 0 Å². The molecule has 0 radical (unpaired) electrons. The van der Waals surface area contributed by atoms with Crippen molar-refractivity contribution in [1.82, 2.24) is 9.80 Å². The van der Waals surface area contributed by atoms with Gasteiger partial charge < -0.3 is 19.3 Å². The monoisotopic (exact) mass is 546 g/mol. The van der Waals surface area contributed by atoms with Crippen molar-refractivity contribution in [2.24, 2.45) is 0 Å². The van der Waals surface area contributed by atoms with E-state index in [0.717, 1.165) is 9.80 Å². The number of hydrogen-bond donors (Lipinski definition) is 2. The van der Waals surface area contributed by atoms with E-state index >= 15 is 0 Å². The third kappa shape index (κ3) is 4.75. The molecule has 1 aliphatic heterocycles. The number of rotatable bonds is 8. The van der Waals surface area contributed by atoms with E-state index in [-0.39, 0.29) is 12.6 Å². The summed E-state index contributed by atoms with van der Waals surface area (Å²) in [5, 5.41) is 24.1. The molecule has 9 heteroatoms. The predicted molar refractivity (Wildman–Crippen MR) is 150 cm³/mol. The summed E-state index contributed by atoms with van der Waals surface area (Å²) in [6.45, 7) is 0. The van der Waals surface area contributed by atoms with Crippen LogP contribution >= 0.6 is 14.3 Å². The Morgan fingerprint density at radius 1 is 0.500 bits per heavy atom. The Kier molecular flexibility index (Phi) is 7.38. The van der Waals surface area contributed by atoms with Crippen molar-refractivity contribution >= 4 is 41.5 Å². The summed E-state index contributed by atoms with van der Waals surface area (Å²) in [7, 11) is -6.86. The average molecular weight is 547 g/mol. The molecule has 7 nitrogen and oxygen atoms in total. The van der Waals surface area contributed by atoms with E-state index in [9.17, 15) is 24.1 Å². The molecule has 194 valence electrons. The molecule has 2 atom stereocenters. The third-order valence-electron chi connectivity index (χ3n) is 6.79. The summed E-state index contributed by atoms with van der Waals surface area (Å²) >= 11 is 0. The number of urea groups is 1. The summed E-state index contributed by atoms with van der Waals surface area (Å²) in [5.74, 6) is 0. The quantitative estimate of drug-likeness (QED) is 0.331. The number of carbonyl (C=O) groups is 1. The second kappa shape index (κ2) is 10.7. The molecule has 0 saturated carbocycles. The number of carbonyl (C=O) groups excluding carboxylic acids is 1. The van der Waals surface area contributed by atoms with E-state index < -0.39 is 32.8 Å². The first-order valence-electron chi connectivity index (χ1n) is 12.2. The second-order valence-corrected chi connectivity index (χ2v) is 14.7. The molecule has 1 heterocycles. The van der Waals surface area contributed by atoms with E-state index in [1.54, 1.807) is 97.1 Å². The number of benzene rings is 4. The van der Waals surface area contributed by atoms with Crippen molar-refractivity contribution in [2.75, 3.05) is 12.6 Å². The fourth-order valence-corrected chi connectivity index (χ4v) is 10.0. The normalized spacial score (nSPS) is 18.1. The number of hydrogen-bond acceptors (Lipinski definition) is 5. The molecule has 0 bridgehead atoms. The van der Waals surface area contributed by atoms with Gasteiger partial charge in [0.25, 0.3) is 0 Å². The Morgan fingerprint density at radius 3 is 0.974 bits per heavy atom. The van der Waals surface area contributed by atoms with E-state index in [4.69, 9.17) is 0 Å². The minimum atomic E-state index is -3.43. The molecule has 2 unspecified atom stereocenters. The Balaban J connectivity index is 1.51. The molecule has 0 spiro atoms. The van der Waals surface area contributed by atoms with Gasteiger partial charge >= 0.3 is 6.03 Å². The first kappa shape index (κ1) is 26.1. The van der Waals surface area contributed by atoms with Gasteiger partial charge in [-0.1, -0.05) is 121 Å². The molecule has 0 aromatic heterocycles. The van der Waals surface area contributed by atoms with Crippen molar-refractivity contribution in [2.45, 2.75) is 12.5 Å². The minimum absolute atomic E-state index is 0.324. The molecule has 5 rings (SSSR count). The molecule has 1 fully saturated rings. The summed E-state index contributed by atoms with van der Waals surface area (Å²) in [6, 6.07) is 34.5. The first-order valence-corrected chi connectivity index (χ1v) is 16.0.